The number of rotatable bonds is 7. The molecule has 3 aromatic rings. The van der Waals surface area contributed by atoms with E-state index < -0.39 is 0 Å². The number of hydrogen-bond donors (Lipinski definition) is 1. The Kier molecular flexibility index (Phi) is 6.17. The average Bonchev–Trinajstić information content (AvgIpc) is 2.80. The topological polar surface area (TPSA) is 67.9 Å². The molecule has 3 aromatic carbocycles. The van der Waals surface area contributed by atoms with Crippen LogP contribution in [0.1, 0.15) is 18.1 Å². The fourth-order valence-electron chi connectivity index (χ4n) is 3.42. The number of hydrogen-bond acceptors (Lipinski definition) is 4. The van der Waals surface area contributed by atoms with Gasteiger partial charge in [-0.3, -0.25) is 9.59 Å². The largest absolute Gasteiger partial charge is 0.484 e. The molecule has 4 rings (SSSR count). The average molecular weight is 416 g/mol. The van der Waals surface area contributed by atoms with Crippen molar-refractivity contribution in [3.05, 3.63) is 83.9 Å². The summed E-state index contributed by atoms with van der Waals surface area (Å²) in [6, 6.07) is 22.7. The molecule has 0 aromatic heterocycles. The number of anilines is 2. The molecule has 2 amide bonds. The molecular formula is C25H24N2O4. The minimum Gasteiger partial charge on any atom is -0.484 e. The van der Waals surface area contributed by atoms with Crippen molar-refractivity contribution < 1.29 is 19.1 Å². The van der Waals surface area contributed by atoms with E-state index in [0.29, 0.717) is 29.4 Å². The lowest BCUT2D eigenvalue weighted by molar-refractivity contribution is -0.121. The number of nitrogens with zero attached hydrogens (tertiary/aromatic N) is 1. The standard InChI is InChI=1S/C25H24N2O4/c1-2-18-9-6-10-21(13-18)30-16-24(28)26-20-11-12-23-22(14-20)27(25(29)17-31-23)15-19-7-4-3-5-8-19/h3-14H,2,15-17H2,1H3,(H,26,28). The number of aryl methyl sites for hydroxylation is 1. The second-order valence-electron chi connectivity index (χ2n) is 7.27. The Morgan fingerprint density at radius 2 is 1.84 bits per heavy atom. The molecule has 0 atom stereocenters. The van der Waals surface area contributed by atoms with E-state index in [-0.39, 0.29) is 25.0 Å². The molecule has 0 saturated carbocycles. The molecule has 6 heteroatoms. The first-order chi connectivity index (χ1) is 15.1. The third-order valence-electron chi connectivity index (χ3n) is 5.05. The summed E-state index contributed by atoms with van der Waals surface area (Å²) in [7, 11) is 0. The molecular weight excluding hydrogens is 392 g/mol. The molecule has 1 aliphatic heterocycles. The number of nitrogens with one attached hydrogen (secondary N) is 1. The molecule has 1 N–H and O–H groups in total. The Bertz CT molecular complexity index is 1080. The highest BCUT2D eigenvalue weighted by molar-refractivity contribution is 5.99. The number of benzene rings is 3. The van der Waals surface area contributed by atoms with Crippen molar-refractivity contribution >= 4 is 23.2 Å². The van der Waals surface area contributed by atoms with Crippen LogP contribution in [0, 0.1) is 0 Å². The van der Waals surface area contributed by atoms with Crippen LogP contribution >= 0.6 is 0 Å². The molecule has 1 aliphatic rings. The summed E-state index contributed by atoms with van der Waals surface area (Å²) in [5.41, 5.74) is 3.37. The highest BCUT2D eigenvalue weighted by atomic mass is 16.5. The third kappa shape index (κ3) is 5.04. The van der Waals surface area contributed by atoms with Gasteiger partial charge >= 0.3 is 0 Å². The summed E-state index contributed by atoms with van der Waals surface area (Å²) in [6.07, 6.45) is 0.902. The molecule has 0 unspecified atom stereocenters. The summed E-state index contributed by atoms with van der Waals surface area (Å²) in [4.78, 5) is 26.6. The van der Waals surface area contributed by atoms with Gasteiger partial charge in [-0.25, -0.2) is 0 Å². The molecule has 0 fully saturated rings. The zero-order valence-electron chi connectivity index (χ0n) is 17.3. The number of fused-ring (bicyclic) bond motifs is 1. The predicted octanol–water partition coefficient (Wildman–Crippen LogP) is 4.19. The third-order valence-corrected chi connectivity index (χ3v) is 5.05. The van der Waals surface area contributed by atoms with Gasteiger partial charge < -0.3 is 19.7 Å². The van der Waals surface area contributed by atoms with Gasteiger partial charge in [0.1, 0.15) is 11.5 Å². The summed E-state index contributed by atoms with van der Waals surface area (Å²) >= 11 is 0. The Labute approximate surface area is 181 Å². The highest BCUT2D eigenvalue weighted by Crippen LogP contribution is 2.35. The molecule has 0 radical (unpaired) electrons. The maximum absolute atomic E-state index is 12.5. The van der Waals surface area contributed by atoms with Crippen LogP contribution in [0.25, 0.3) is 0 Å². The molecule has 0 spiro atoms. The van der Waals surface area contributed by atoms with Gasteiger partial charge in [0, 0.05) is 5.69 Å². The molecule has 1 heterocycles. The number of ether oxygens (including phenoxy) is 2. The molecule has 0 saturated heterocycles. The first kappa shape index (κ1) is 20.5. The quantitative estimate of drug-likeness (QED) is 0.627. The number of amides is 2. The van der Waals surface area contributed by atoms with E-state index in [4.69, 9.17) is 9.47 Å². The number of carbonyl (C=O) groups excluding carboxylic acids is 2. The minimum absolute atomic E-state index is 0.00377. The van der Waals surface area contributed by atoms with E-state index in [1.54, 1.807) is 23.1 Å². The fraction of sp³-hybridized carbons (Fsp3) is 0.200. The van der Waals surface area contributed by atoms with Crippen molar-refractivity contribution in [2.24, 2.45) is 0 Å². The van der Waals surface area contributed by atoms with Crippen LogP contribution in [0.5, 0.6) is 11.5 Å². The van der Waals surface area contributed by atoms with E-state index in [9.17, 15) is 9.59 Å². The van der Waals surface area contributed by atoms with Crippen LogP contribution < -0.4 is 19.7 Å². The van der Waals surface area contributed by atoms with Gasteiger partial charge in [0.05, 0.1) is 12.2 Å². The molecule has 6 nitrogen and oxygen atoms in total. The van der Waals surface area contributed by atoms with Crippen molar-refractivity contribution in [2.75, 3.05) is 23.4 Å². The molecule has 158 valence electrons. The van der Waals surface area contributed by atoms with Crippen molar-refractivity contribution in [3.8, 4) is 11.5 Å². The van der Waals surface area contributed by atoms with Gasteiger partial charge in [-0.2, -0.15) is 0 Å². The molecule has 31 heavy (non-hydrogen) atoms. The van der Waals surface area contributed by atoms with E-state index in [2.05, 4.69) is 12.2 Å². The zero-order chi connectivity index (χ0) is 21.6. The highest BCUT2D eigenvalue weighted by Gasteiger charge is 2.26. The smallest absolute Gasteiger partial charge is 0.265 e. The van der Waals surface area contributed by atoms with Gasteiger partial charge in [-0.15, -0.1) is 0 Å². The maximum atomic E-state index is 12.5. The Hall–Kier alpha value is -3.80. The van der Waals surface area contributed by atoms with Gasteiger partial charge in [-0.1, -0.05) is 49.4 Å². The summed E-state index contributed by atoms with van der Waals surface area (Å²) in [5.74, 6) is 0.868. The second-order valence-corrected chi connectivity index (χ2v) is 7.27. The number of carbonyl (C=O) groups is 2. The minimum atomic E-state index is -0.278. The lowest BCUT2D eigenvalue weighted by Gasteiger charge is -2.30. The molecule has 0 bridgehead atoms. The van der Waals surface area contributed by atoms with Crippen LogP contribution in [-0.4, -0.2) is 25.0 Å². The lowest BCUT2D eigenvalue weighted by Crippen LogP contribution is -2.38. The first-order valence-corrected chi connectivity index (χ1v) is 10.2. The van der Waals surface area contributed by atoms with Crippen LogP contribution in [0.2, 0.25) is 0 Å². The van der Waals surface area contributed by atoms with Gasteiger partial charge in [0.15, 0.2) is 13.2 Å². The Morgan fingerprint density at radius 3 is 2.65 bits per heavy atom. The fourth-order valence-corrected chi connectivity index (χ4v) is 3.42. The summed E-state index contributed by atoms with van der Waals surface area (Å²) in [6.45, 7) is 2.39. The van der Waals surface area contributed by atoms with E-state index in [0.717, 1.165) is 17.5 Å². The van der Waals surface area contributed by atoms with Crippen LogP contribution in [0.4, 0.5) is 11.4 Å². The van der Waals surface area contributed by atoms with Crippen LogP contribution in [-0.2, 0) is 22.6 Å². The molecule has 0 aliphatic carbocycles. The van der Waals surface area contributed by atoms with E-state index >= 15 is 0 Å². The predicted molar refractivity (Wildman–Crippen MR) is 120 cm³/mol. The van der Waals surface area contributed by atoms with Crippen molar-refractivity contribution in [3.63, 3.8) is 0 Å². The van der Waals surface area contributed by atoms with Crippen molar-refractivity contribution in [1.82, 2.24) is 0 Å². The van der Waals surface area contributed by atoms with E-state index in [1.165, 1.54) is 0 Å². The second kappa shape index (κ2) is 9.34. The van der Waals surface area contributed by atoms with Crippen molar-refractivity contribution in [1.29, 1.82) is 0 Å². The Balaban J connectivity index is 1.45. The van der Waals surface area contributed by atoms with Crippen LogP contribution in [0.3, 0.4) is 0 Å². The van der Waals surface area contributed by atoms with Gasteiger partial charge in [0.2, 0.25) is 0 Å². The van der Waals surface area contributed by atoms with Crippen LogP contribution in [0.15, 0.2) is 72.8 Å². The maximum Gasteiger partial charge on any atom is 0.265 e. The summed E-state index contributed by atoms with van der Waals surface area (Å²) < 4.78 is 11.2. The van der Waals surface area contributed by atoms with Crippen molar-refractivity contribution in [2.45, 2.75) is 19.9 Å². The van der Waals surface area contributed by atoms with E-state index in [1.807, 2.05) is 54.6 Å². The summed E-state index contributed by atoms with van der Waals surface area (Å²) in [5, 5.41) is 2.83. The monoisotopic (exact) mass is 416 g/mol. The normalized spacial score (nSPS) is 12.7. The Morgan fingerprint density at radius 1 is 1.03 bits per heavy atom. The zero-order valence-corrected chi connectivity index (χ0v) is 17.3. The van der Waals surface area contributed by atoms with Gasteiger partial charge in [0.25, 0.3) is 11.8 Å². The first-order valence-electron chi connectivity index (χ1n) is 10.2. The van der Waals surface area contributed by atoms with Gasteiger partial charge in [-0.05, 0) is 47.9 Å². The SMILES string of the molecule is CCc1cccc(OCC(=O)Nc2ccc3c(c2)N(Cc2ccccc2)C(=O)CO3)c1. The lowest BCUT2D eigenvalue weighted by atomic mass is 10.1.